The molecule has 0 aliphatic rings. The van der Waals surface area contributed by atoms with Gasteiger partial charge in [-0.15, -0.1) is 0 Å². The van der Waals surface area contributed by atoms with Crippen LogP contribution in [0.1, 0.15) is 5.56 Å². The zero-order valence-electron chi connectivity index (χ0n) is 12.4. The van der Waals surface area contributed by atoms with Crippen molar-refractivity contribution in [3.05, 3.63) is 57.3 Å². The lowest BCUT2D eigenvalue weighted by molar-refractivity contribution is 0.283. The summed E-state index contributed by atoms with van der Waals surface area (Å²) in [6, 6.07) is 9.33. The van der Waals surface area contributed by atoms with Crippen LogP contribution in [-0.4, -0.2) is 19.8 Å². The smallest absolute Gasteiger partial charge is 0.403 e. The summed E-state index contributed by atoms with van der Waals surface area (Å²) in [5.74, 6) is -0.0374. The number of hydrogen-bond donors (Lipinski definition) is 3. The SMILES string of the molecule is Cc1ccc2nc(-c3cc(Cl)ccc3OP(=O)(O)O)[nH]c(=O)c2c1. The van der Waals surface area contributed by atoms with Crippen LogP contribution in [0.4, 0.5) is 0 Å². The van der Waals surface area contributed by atoms with E-state index in [2.05, 4.69) is 14.5 Å². The molecule has 0 saturated heterocycles. The van der Waals surface area contributed by atoms with Crippen molar-refractivity contribution >= 4 is 30.3 Å². The number of phosphoric acid groups is 1. The standard InChI is InChI=1S/C15H12ClN2O5P/c1-8-2-4-12-10(6-8)15(19)18-14(17-12)11-7-9(16)3-5-13(11)23-24(20,21)22/h2-7H,1H3,(H,17,18,19)(H2,20,21,22). The minimum Gasteiger partial charge on any atom is -0.403 e. The molecule has 1 aromatic heterocycles. The fraction of sp³-hybridized carbons (Fsp3) is 0.0667. The molecule has 0 atom stereocenters. The average molecular weight is 367 g/mol. The summed E-state index contributed by atoms with van der Waals surface area (Å²) < 4.78 is 15.8. The van der Waals surface area contributed by atoms with Gasteiger partial charge in [-0.25, -0.2) is 9.55 Å². The van der Waals surface area contributed by atoms with Crippen molar-refractivity contribution in [1.29, 1.82) is 0 Å². The maximum absolute atomic E-state index is 12.3. The minimum absolute atomic E-state index is 0.0994. The lowest BCUT2D eigenvalue weighted by Crippen LogP contribution is -2.10. The van der Waals surface area contributed by atoms with Crippen molar-refractivity contribution in [2.45, 2.75) is 6.92 Å². The van der Waals surface area contributed by atoms with E-state index in [0.717, 1.165) is 5.56 Å². The largest absolute Gasteiger partial charge is 0.524 e. The van der Waals surface area contributed by atoms with E-state index in [-0.39, 0.29) is 22.7 Å². The highest BCUT2D eigenvalue weighted by molar-refractivity contribution is 7.46. The number of aryl methyl sites for hydroxylation is 1. The van der Waals surface area contributed by atoms with E-state index in [1.807, 2.05) is 13.0 Å². The number of aromatic nitrogens is 2. The Morgan fingerprint density at radius 2 is 1.96 bits per heavy atom. The van der Waals surface area contributed by atoms with Crippen molar-refractivity contribution in [2.24, 2.45) is 0 Å². The molecule has 0 fully saturated rings. The van der Waals surface area contributed by atoms with Gasteiger partial charge >= 0.3 is 7.82 Å². The first-order valence-electron chi connectivity index (χ1n) is 6.79. The summed E-state index contributed by atoms with van der Waals surface area (Å²) in [7, 11) is -4.78. The summed E-state index contributed by atoms with van der Waals surface area (Å²) in [4.78, 5) is 37.3. The van der Waals surface area contributed by atoms with Gasteiger partial charge in [0, 0.05) is 5.02 Å². The van der Waals surface area contributed by atoms with Crippen LogP contribution < -0.4 is 10.1 Å². The van der Waals surface area contributed by atoms with Crippen LogP contribution in [-0.2, 0) is 4.57 Å². The molecule has 0 aliphatic heterocycles. The van der Waals surface area contributed by atoms with Crippen LogP contribution in [0.2, 0.25) is 5.02 Å². The molecule has 0 radical (unpaired) electrons. The van der Waals surface area contributed by atoms with E-state index in [4.69, 9.17) is 21.4 Å². The van der Waals surface area contributed by atoms with Crippen LogP contribution in [0.5, 0.6) is 5.75 Å². The number of hydrogen-bond acceptors (Lipinski definition) is 4. The number of nitrogens with one attached hydrogen (secondary N) is 1. The third-order valence-electron chi connectivity index (χ3n) is 3.27. The molecule has 0 bridgehead atoms. The number of halogens is 1. The zero-order chi connectivity index (χ0) is 17.5. The first-order valence-corrected chi connectivity index (χ1v) is 8.69. The number of nitrogens with zero attached hydrogens (tertiary/aromatic N) is 1. The second-order valence-corrected chi connectivity index (χ2v) is 6.76. The number of aromatic amines is 1. The highest BCUT2D eigenvalue weighted by Crippen LogP contribution is 2.42. The van der Waals surface area contributed by atoms with Crippen LogP contribution in [0.25, 0.3) is 22.3 Å². The first-order chi connectivity index (χ1) is 11.2. The molecule has 9 heteroatoms. The molecule has 0 saturated carbocycles. The molecule has 3 aromatic rings. The van der Waals surface area contributed by atoms with Gasteiger partial charge in [-0.1, -0.05) is 23.2 Å². The molecule has 7 nitrogen and oxygen atoms in total. The highest BCUT2D eigenvalue weighted by Gasteiger charge is 2.20. The van der Waals surface area contributed by atoms with E-state index in [1.54, 1.807) is 12.1 Å². The Bertz CT molecular complexity index is 1040. The molecule has 0 amide bonds. The summed E-state index contributed by atoms with van der Waals surface area (Å²) in [5.41, 5.74) is 1.16. The molecule has 0 spiro atoms. The number of H-pyrrole nitrogens is 1. The van der Waals surface area contributed by atoms with Crippen molar-refractivity contribution in [1.82, 2.24) is 9.97 Å². The number of fused-ring (bicyclic) bond motifs is 1. The summed E-state index contributed by atoms with van der Waals surface area (Å²) in [5, 5.41) is 0.716. The topological polar surface area (TPSA) is 113 Å². The number of benzene rings is 2. The minimum atomic E-state index is -4.78. The van der Waals surface area contributed by atoms with Gasteiger partial charge < -0.3 is 9.51 Å². The molecule has 1 heterocycles. The molecule has 2 aromatic carbocycles. The van der Waals surface area contributed by atoms with Crippen LogP contribution in [0.15, 0.2) is 41.2 Å². The Morgan fingerprint density at radius 1 is 1.21 bits per heavy atom. The van der Waals surface area contributed by atoms with Crippen LogP contribution in [0, 0.1) is 6.92 Å². The molecule has 3 N–H and O–H groups in total. The van der Waals surface area contributed by atoms with Crippen molar-refractivity contribution in [3.63, 3.8) is 0 Å². The van der Waals surface area contributed by atoms with Gasteiger partial charge in [0.15, 0.2) is 0 Å². The maximum atomic E-state index is 12.3. The third kappa shape index (κ3) is 3.49. The predicted molar refractivity (Wildman–Crippen MR) is 90.2 cm³/mol. The zero-order valence-corrected chi connectivity index (χ0v) is 14.0. The van der Waals surface area contributed by atoms with Crippen molar-refractivity contribution < 1.29 is 18.9 Å². The molecule has 3 rings (SSSR count). The van der Waals surface area contributed by atoms with Gasteiger partial charge in [0.1, 0.15) is 11.6 Å². The number of phosphoric ester groups is 1. The summed E-state index contributed by atoms with van der Waals surface area (Å²) in [6.45, 7) is 1.86. The average Bonchev–Trinajstić information content (AvgIpc) is 2.48. The maximum Gasteiger partial charge on any atom is 0.524 e. The molecular formula is C15H12ClN2O5P. The lowest BCUT2D eigenvalue weighted by Gasteiger charge is -2.12. The van der Waals surface area contributed by atoms with E-state index in [9.17, 15) is 9.36 Å². The second kappa shape index (κ2) is 6.03. The normalized spacial score (nSPS) is 11.7. The summed E-state index contributed by atoms with van der Waals surface area (Å²) in [6.07, 6.45) is 0. The van der Waals surface area contributed by atoms with Crippen LogP contribution in [0.3, 0.4) is 0 Å². The Hall–Kier alpha value is -2.18. The van der Waals surface area contributed by atoms with E-state index in [1.165, 1.54) is 18.2 Å². The van der Waals surface area contributed by atoms with Gasteiger partial charge in [0.25, 0.3) is 5.56 Å². The van der Waals surface area contributed by atoms with Crippen LogP contribution >= 0.6 is 19.4 Å². The molecule has 0 aliphatic carbocycles. The fourth-order valence-electron chi connectivity index (χ4n) is 2.28. The Labute approximate surface area is 141 Å². The second-order valence-electron chi connectivity index (χ2n) is 5.16. The summed E-state index contributed by atoms with van der Waals surface area (Å²) >= 11 is 5.95. The Kier molecular flexibility index (Phi) is 4.19. The molecule has 124 valence electrons. The van der Waals surface area contributed by atoms with E-state index < -0.39 is 7.82 Å². The Balaban J connectivity index is 2.24. The van der Waals surface area contributed by atoms with Gasteiger partial charge in [-0.05, 0) is 37.3 Å². The monoisotopic (exact) mass is 366 g/mol. The lowest BCUT2D eigenvalue weighted by atomic mass is 10.1. The van der Waals surface area contributed by atoms with Gasteiger partial charge in [0.05, 0.1) is 16.5 Å². The van der Waals surface area contributed by atoms with Gasteiger partial charge in [-0.3, -0.25) is 14.6 Å². The van der Waals surface area contributed by atoms with E-state index in [0.29, 0.717) is 15.9 Å². The third-order valence-corrected chi connectivity index (χ3v) is 3.94. The van der Waals surface area contributed by atoms with Crippen molar-refractivity contribution in [3.8, 4) is 17.1 Å². The molecule has 24 heavy (non-hydrogen) atoms. The first kappa shape index (κ1) is 16.7. The molecular weight excluding hydrogens is 355 g/mol. The highest BCUT2D eigenvalue weighted by atomic mass is 35.5. The Morgan fingerprint density at radius 3 is 2.67 bits per heavy atom. The fourth-order valence-corrected chi connectivity index (χ4v) is 2.86. The van der Waals surface area contributed by atoms with Gasteiger partial charge in [-0.2, -0.15) is 0 Å². The number of rotatable bonds is 3. The quantitative estimate of drug-likeness (QED) is 0.614. The van der Waals surface area contributed by atoms with Gasteiger partial charge in [0.2, 0.25) is 0 Å². The van der Waals surface area contributed by atoms with Crippen molar-refractivity contribution in [2.75, 3.05) is 0 Å². The van der Waals surface area contributed by atoms with E-state index >= 15 is 0 Å². The molecule has 0 unspecified atom stereocenters. The predicted octanol–water partition coefficient (Wildman–Crippen LogP) is 3.02.